The number of benzene rings is 1. The number of carbonyl (C=O) groups excluding carboxylic acids is 2. The molecular formula is C21H28O8. The van der Waals surface area contributed by atoms with Gasteiger partial charge in [-0.25, -0.2) is 0 Å². The van der Waals surface area contributed by atoms with Crippen molar-refractivity contribution in [2.24, 2.45) is 0 Å². The van der Waals surface area contributed by atoms with Crippen LogP contribution in [0, 0.1) is 0 Å². The molecule has 0 aliphatic carbocycles. The van der Waals surface area contributed by atoms with Crippen LogP contribution in [0.4, 0.5) is 0 Å². The molecule has 2 saturated heterocycles. The fourth-order valence-corrected chi connectivity index (χ4v) is 3.45. The van der Waals surface area contributed by atoms with Crippen LogP contribution in [0.3, 0.4) is 0 Å². The molecule has 0 amide bonds. The van der Waals surface area contributed by atoms with Gasteiger partial charge in [0.05, 0.1) is 19.6 Å². The minimum atomic E-state index is -0.890. The number of carbonyl (C=O) groups is 2. The van der Waals surface area contributed by atoms with Gasteiger partial charge < -0.3 is 33.2 Å². The molecule has 1 aromatic carbocycles. The quantitative estimate of drug-likeness (QED) is 0.636. The minimum Gasteiger partial charge on any atom is -0.497 e. The fraction of sp³-hybridized carbons (Fsp3) is 0.619. The Morgan fingerprint density at radius 3 is 2.28 bits per heavy atom. The van der Waals surface area contributed by atoms with Gasteiger partial charge in [-0.15, -0.1) is 0 Å². The van der Waals surface area contributed by atoms with Crippen LogP contribution in [-0.2, 0) is 28.5 Å². The zero-order valence-corrected chi connectivity index (χ0v) is 17.4. The molecule has 160 valence electrons. The van der Waals surface area contributed by atoms with E-state index in [4.69, 9.17) is 28.4 Å². The first kappa shape index (κ1) is 21.5. The van der Waals surface area contributed by atoms with E-state index in [9.17, 15) is 9.59 Å². The van der Waals surface area contributed by atoms with Gasteiger partial charge in [-0.2, -0.15) is 0 Å². The molecule has 0 spiro atoms. The molecule has 8 nitrogen and oxygen atoms in total. The Balaban J connectivity index is 1.79. The molecule has 0 saturated carbocycles. The SMILES string of the molecule is COc1ccc(O[C@H]2O[C@H](C)[C@@H]3OC(C)(C)O[C@@H]3[C@H]2OC(=O)CCC(C)=O)cc1. The zero-order chi connectivity index (χ0) is 21.2. The Bertz CT molecular complexity index is 729. The number of Topliss-reactive ketones (excluding diaryl/α,β-unsaturated/α-hetero) is 1. The monoisotopic (exact) mass is 408 g/mol. The summed E-state index contributed by atoms with van der Waals surface area (Å²) >= 11 is 0. The Hall–Kier alpha value is -2.16. The predicted molar refractivity (Wildman–Crippen MR) is 102 cm³/mol. The van der Waals surface area contributed by atoms with E-state index < -0.39 is 36.4 Å². The summed E-state index contributed by atoms with van der Waals surface area (Å²) in [6, 6.07) is 7.00. The van der Waals surface area contributed by atoms with E-state index in [1.807, 2.05) is 6.92 Å². The van der Waals surface area contributed by atoms with Crippen molar-refractivity contribution in [3.05, 3.63) is 24.3 Å². The topological polar surface area (TPSA) is 89.5 Å². The number of hydrogen-bond donors (Lipinski definition) is 0. The number of methoxy groups -OCH3 is 1. The van der Waals surface area contributed by atoms with Crippen molar-refractivity contribution < 1.29 is 38.0 Å². The van der Waals surface area contributed by atoms with Crippen molar-refractivity contribution in [2.45, 2.75) is 77.0 Å². The van der Waals surface area contributed by atoms with E-state index in [2.05, 4.69) is 0 Å². The molecule has 1 aromatic rings. The van der Waals surface area contributed by atoms with E-state index in [-0.39, 0.29) is 24.7 Å². The van der Waals surface area contributed by atoms with E-state index >= 15 is 0 Å². The molecule has 2 aliphatic rings. The molecule has 2 aliphatic heterocycles. The first-order valence-corrected chi connectivity index (χ1v) is 9.69. The van der Waals surface area contributed by atoms with Crippen LogP contribution in [0.1, 0.15) is 40.5 Å². The second-order valence-electron chi connectivity index (χ2n) is 7.72. The minimum absolute atomic E-state index is 0.0156. The van der Waals surface area contributed by atoms with Crippen LogP contribution in [0.5, 0.6) is 11.5 Å². The van der Waals surface area contributed by atoms with Gasteiger partial charge >= 0.3 is 5.97 Å². The Morgan fingerprint density at radius 2 is 1.66 bits per heavy atom. The Kier molecular flexibility index (Phi) is 6.45. The van der Waals surface area contributed by atoms with Crippen LogP contribution in [-0.4, -0.2) is 55.4 Å². The van der Waals surface area contributed by atoms with Crippen LogP contribution < -0.4 is 9.47 Å². The van der Waals surface area contributed by atoms with Gasteiger partial charge in [0.15, 0.2) is 11.9 Å². The fourth-order valence-electron chi connectivity index (χ4n) is 3.45. The van der Waals surface area contributed by atoms with E-state index in [1.54, 1.807) is 45.2 Å². The third kappa shape index (κ3) is 5.26. The van der Waals surface area contributed by atoms with Crippen molar-refractivity contribution >= 4 is 11.8 Å². The summed E-state index contributed by atoms with van der Waals surface area (Å²) in [7, 11) is 1.58. The molecule has 8 heteroatoms. The highest BCUT2D eigenvalue weighted by atomic mass is 16.8. The lowest BCUT2D eigenvalue weighted by atomic mass is 9.99. The molecule has 0 aromatic heterocycles. The molecule has 2 heterocycles. The lowest BCUT2D eigenvalue weighted by Crippen LogP contribution is -2.58. The second-order valence-corrected chi connectivity index (χ2v) is 7.72. The van der Waals surface area contributed by atoms with Gasteiger partial charge in [0.2, 0.25) is 6.29 Å². The molecule has 5 atom stereocenters. The van der Waals surface area contributed by atoms with E-state index in [1.165, 1.54) is 6.92 Å². The summed E-state index contributed by atoms with van der Waals surface area (Å²) < 4.78 is 34.7. The number of rotatable bonds is 7. The molecule has 0 unspecified atom stereocenters. The van der Waals surface area contributed by atoms with Crippen molar-refractivity contribution in [1.29, 1.82) is 0 Å². The van der Waals surface area contributed by atoms with E-state index in [0.717, 1.165) is 0 Å². The Labute approximate surface area is 170 Å². The largest absolute Gasteiger partial charge is 0.497 e. The van der Waals surface area contributed by atoms with Crippen LogP contribution in [0.15, 0.2) is 24.3 Å². The third-order valence-corrected chi connectivity index (χ3v) is 4.83. The van der Waals surface area contributed by atoms with Crippen molar-refractivity contribution in [3.63, 3.8) is 0 Å². The molecule has 29 heavy (non-hydrogen) atoms. The van der Waals surface area contributed by atoms with Crippen molar-refractivity contribution in [1.82, 2.24) is 0 Å². The normalized spacial score (nSPS) is 30.3. The maximum atomic E-state index is 12.3. The average molecular weight is 408 g/mol. The Morgan fingerprint density at radius 1 is 1.03 bits per heavy atom. The van der Waals surface area contributed by atoms with Crippen LogP contribution in [0.2, 0.25) is 0 Å². The number of fused-ring (bicyclic) bond motifs is 1. The summed E-state index contributed by atoms with van der Waals surface area (Å²) in [6.45, 7) is 6.89. The van der Waals surface area contributed by atoms with Gasteiger partial charge in [0, 0.05) is 6.42 Å². The zero-order valence-electron chi connectivity index (χ0n) is 17.4. The predicted octanol–water partition coefficient (Wildman–Crippen LogP) is 2.62. The van der Waals surface area contributed by atoms with Crippen molar-refractivity contribution in [2.75, 3.05) is 7.11 Å². The molecule has 0 N–H and O–H groups in total. The highest BCUT2D eigenvalue weighted by Crippen LogP contribution is 2.39. The number of ketones is 1. The standard InChI is InChI=1S/C21H28O8/c1-12(22)6-11-16(23)27-19-18-17(28-21(3,4)29-18)13(2)25-20(19)26-15-9-7-14(24-5)8-10-15/h7-10,13,17-20H,6,11H2,1-5H3/t13-,17+,18+,19-,20-/m1/s1. The lowest BCUT2D eigenvalue weighted by molar-refractivity contribution is -0.252. The smallest absolute Gasteiger partial charge is 0.306 e. The highest BCUT2D eigenvalue weighted by molar-refractivity contribution is 5.81. The maximum Gasteiger partial charge on any atom is 0.306 e. The van der Waals surface area contributed by atoms with Gasteiger partial charge in [-0.3, -0.25) is 4.79 Å². The van der Waals surface area contributed by atoms with Gasteiger partial charge in [0.1, 0.15) is 29.5 Å². The first-order chi connectivity index (χ1) is 13.7. The summed E-state index contributed by atoms with van der Waals surface area (Å²) in [5.74, 6) is -0.215. The van der Waals surface area contributed by atoms with Crippen LogP contribution in [0.25, 0.3) is 0 Å². The van der Waals surface area contributed by atoms with Crippen molar-refractivity contribution in [3.8, 4) is 11.5 Å². The highest BCUT2D eigenvalue weighted by Gasteiger charge is 2.56. The summed E-state index contributed by atoms with van der Waals surface area (Å²) in [5.41, 5.74) is 0. The summed E-state index contributed by atoms with van der Waals surface area (Å²) in [5, 5.41) is 0. The average Bonchev–Trinajstić information content (AvgIpc) is 3.00. The van der Waals surface area contributed by atoms with Crippen LogP contribution >= 0.6 is 0 Å². The summed E-state index contributed by atoms with van der Waals surface area (Å²) in [6.07, 6.45) is -2.94. The molecule has 3 rings (SSSR count). The second kappa shape index (κ2) is 8.69. The molecular weight excluding hydrogens is 380 g/mol. The van der Waals surface area contributed by atoms with Gasteiger partial charge in [-0.1, -0.05) is 0 Å². The van der Waals surface area contributed by atoms with Gasteiger partial charge in [0.25, 0.3) is 0 Å². The van der Waals surface area contributed by atoms with E-state index in [0.29, 0.717) is 11.5 Å². The molecule has 2 fully saturated rings. The molecule has 0 bridgehead atoms. The molecule has 0 radical (unpaired) electrons. The number of esters is 1. The first-order valence-electron chi connectivity index (χ1n) is 9.69. The number of ether oxygens (including phenoxy) is 6. The maximum absolute atomic E-state index is 12.3. The van der Waals surface area contributed by atoms with Gasteiger partial charge in [-0.05, 0) is 52.0 Å². The number of hydrogen-bond acceptors (Lipinski definition) is 8. The lowest BCUT2D eigenvalue weighted by Gasteiger charge is -2.40. The third-order valence-electron chi connectivity index (χ3n) is 4.83. The summed E-state index contributed by atoms with van der Waals surface area (Å²) in [4.78, 5) is 23.5.